The molecule has 1 amide bonds. The van der Waals surface area contributed by atoms with E-state index in [1.807, 2.05) is 30.3 Å². The molecule has 2 heterocycles. The minimum atomic E-state index is -0.679. The van der Waals surface area contributed by atoms with Crippen LogP contribution in [0.5, 0.6) is 0 Å². The van der Waals surface area contributed by atoms with Crippen LogP contribution in [0.15, 0.2) is 58.7 Å². The third kappa shape index (κ3) is 3.12. The number of rotatable bonds is 6. The van der Waals surface area contributed by atoms with Crippen LogP contribution < -0.4 is 5.73 Å². The molecule has 0 spiro atoms. The van der Waals surface area contributed by atoms with Gasteiger partial charge in [0.2, 0.25) is 11.0 Å². The molecular formula is C23H25NO3S. The van der Waals surface area contributed by atoms with E-state index in [9.17, 15) is 9.59 Å². The van der Waals surface area contributed by atoms with Gasteiger partial charge in [0, 0.05) is 17.7 Å². The molecule has 28 heavy (non-hydrogen) atoms. The molecule has 4 rings (SSSR count). The van der Waals surface area contributed by atoms with Crippen molar-refractivity contribution in [3.05, 3.63) is 71.2 Å². The third-order valence-electron chi connectivity index (χ3n) is 6.46. The number of allylic oxidation sites excluding steroid dienone is 1. The van der Waals surface area contributed by atoms with Gasteiger partial charge in [-0.05, 0) is 41.4 Å². The predicted molar refractivity (Wildman–Crippen MR) is 111 cm³/mol. The topological polar surface area (TPSA) is 73.3 Å². The lowest BCUT2D eigenvalue weighted by molar-refractivity contribution is -0.124. The zero-order valence-electron chi connectivity index (χ0n) is 16.2. The predicted octanol–water partition coefficient (Wildman–Crippen LogP) is 4.13. The normalized spacial score (nSPS) is 27.3. The number of primary amides is 1. The highest BCUT2D eigenvalue weighted by Crippen LogP contribution is 2.71. The highest BCUT2D eigenvalue weighted by atomic mass is 32.2. The molecule has 0 bridgehead atoms. The van der Waals surface area contributed by atoms with Crippen molar-refractivity contribution >= 4 is 22.8 Å². The molecule has 2 fully saturated rings. The molecule has 5 heteroatoms. The molecule has 1 aromatic carbocycles. The van der Waals surface area contributed by atoms with E-state index in [2.05, 4.69) is 26.0 Å². The number of furan rings is 1. The number of benzene rings is 1. The average molecular weight is 396 g/mol. The van der Waals surface area contributed by atoms with Crippen molar-refractivity contribution in [2.24, 2.45) is 22.5 Å². The van der Waals surface area contributed by atoms with E-state index in [4.69, 9.17) is 10.2 Å². The molecule has 2 N–H and O–H groups in total. The van der Waals surface area contributed by atoms with Gasteiger partial charge in [0.1, 0.15) is 5.76 Å². The molecule has 1 aliphatic heterocycles. The van der Waals surface area contributed by atoms with Gasteiger partial charge >= 0.3 is 0 Å². The molecule has 1 saturated carbocycles. The number of hydrogen-bond acceptors (Lipinski definition) is 4. The number of carbonyl (C=O) groups excluding carboxylic acids is 2. The van der Waals surface area contributed by atoms with Gasteiger partial charge in [-0.1, -0.05) is 62.0 Å². The van der Waals surface area contributed by atoms with Crippen LogP contribution >= 0.6 is 11.8 Å². The van der Waals surface area contributed by atoms with Crippen molar-refractivity contribution in [3.8, 4) is 0 Å². The fraction of sp³-hybridized carbons (Fsp3) is 0.391. The first-order valence-corrected chi connectivity index (χ1v) is 10.6. The summed E-state index contributed by atoms with van der Waals surface area (Å²) in [5, 5.41) is 0.134. The van der Waals surface area contributed by atoms with E-state index in [-0.39, 0.29) is 22.4 Å². The summed E-state index contributed by atoms with van der Waals surface area (Å²) in [6, 6.07) is 12.2. The van der Waals surface area contributed by atoms with Crippen LogP contribution in [-0.2, 0) is 22.4 Å². The zero-order chi connectivity index (χ0) is 19.9. The Morgan fingerprint density at radius 1 is 1.29 bits per heavy atom. The molecule has 2 aromatic rings. The van der Waals surface area contributed by atoms with Crippen LogP contribution in [0.1, 0.15) is 37.2 Å². The van der Waals surface area contributed by atoms with E-state index in [0.717, 1.165) is 29.1 Å². The Kier molecular flexibility index (Phi) is 4.74. The second kappa shape index (κ2) is 6.96. The van der Waals surface area contributed by atoms with E-state index in [0.29, 0.717) is 12.8 Å². The number of hydrogen-bond donors (Lipinski definition) is 1. The maximum absolute atomic E-state index is 12.5. The van der Waals surface area contributed by atoms with Crippen molar-refractivity contribution in [2.75, 3.05) is 5.75 Å². The minimum Gasteiger partial charge on any atom is -0.469 e. The molecular weight excluding hydrogens is 370 g/mol. The number of nitrogens with two attached hydrogens (primary N) is 1. The Morgan fingerprint density at radius 2 is 2.04 bits per heavy atom. The molecule has 1 aromatic heterocycles. The summed E-state index contributed by atoms with van der Waals surface area (Å²) in [5.74, 6) is 1.37. The van der Waals surface area contributed by atoms with Gasteiger partial charge in [0.15, 0.2) is 0 Å². The fourth-order valence-electron chi connectivity index (χ4n) is 4.67. The first kappa shape index (κ1) is 19.1. The standard InChI is InChI=1S/C23H25NO3S/c1-22(2)19(12-17-8-9-28-20(17)25)23(22,21(24)26)13-16-11-18(27-14-16)10-15-6-4-3-5-7-15/h3-7,11-12,14,19H,8-10,13H2,1-2H3,(H2,24,26)/b17-12+/t19-,23-/m0/s1. The fourth-order valence-corrected chi connectivity index (χ4v) is 5.54. The lowest BCUT2D eigenvalue weighted by Crippen LogP contribution is -2.31. The Bertz CT molecular complexity index is 944. The Labute approximate surface area is 169 Å². The quantitative estimate of drug-likeness (QED) is 0.747. The largest absolute Gasteiger partial charge is 0.469 e. The van der Waals surface area contributed by atoms with Crippen LogP contribution in [0.4, 0.5) is 0 Å². The Balaban J connectivity index is 1.56. The zero-order valence-corrected chi connectivity index (χ0v) is 17.1. The van der Waals surface area contributed by atoms with Gasteiger partial charge in [-0.25, -0.2) is 0 Å². The third-order valence-corrected chi connectivity index (χ3v) is 7.39. The van der Waals surface area contributed by atoms with Gasteiger partial charge in [-0.2, -0.15) is 0 Å². The van der Waals surface area contributed by atoms with E-state index < -0.39 is 5.41 Å². The van der Waals surface area contributed by atoms with Crippen molar-refractivity contribution in [2.45, 2.75) is 33.1 Å². The SMILES string of the molecule is CC1(C)[C@H](/C=C2\CCSC2=O)[C@@]1(Cc1coc(Cc2ccccc2)c1)C(N)=O. The summed E-state index contributed by atoms with van der Waals surface area (Å²) < 4.78 is 5.75. The van der Waals surface area contributed by atoms with E-state index >= 15 is 0 Å². The molecule has 1 saturated heterocycles. The van der Waals surface area contributed by atoms with E-state index in [1.54, 1.807) is 6.26 Å². The number of amides is 1. The van der Waals surface area contributed by atoms with Crippen LogP contribution in [0.25, 0.3) is 0 Å². The monoisotopic (exact) mass is 395 g/mol. The number of thioether (sulfide) groups is 1. The van der Waals surface area contributed by atoms with Gasteiger partial charge < -0.3 is 10.2 Å². The molecule has 146 valence electrons. The van der Waals surface area contributed by atoms with Gasteiger partial charge in [0.25, 0.3) is 0 Å². The summed E-state index contributed by atoms with van der Waals surface area (Å²) in [4.78, 5) is 24.6. The Morgan fingerprint density at radius 3 is 2.68 bits per heavy atom. The second-order valence-corrected chi connectivity index (χ2v) is 9.44. The maximum atomic E-state index is 12.5. The highest BCUT2D eigenvalue weighted by molar-refractivity contribution is 8.14. The lowest BCUT2D eigenvalue weighted by atomic mass is 9.88. The Hall–Kier alpha value is -2.27. The highest BCUT2D eigenvalue weighted by Gasteiger charge is 2.73. The second-order valence-electron chi connectivity index (χ2n) is 8.37. The summed E-state index contributed by atoms with van der Waals surface area (Å²) in [6.45, 7) is 4.13. The van der Waals surface area contributed by atoms with Gasteiger partial charge in [0.05, 0.1) is 11.7 Å². The molecule has 4 nitrogen and oxygen atoms in total. The van der Waals surface area contributed by atoms with Gasteiger partial charge in [-0.15, -0.1) is 0 Å². The van der Waals surface area contributed by atoms with Crippen molar-refractivity contribution in [3.63, 3.8) is 0 Å². The molecule has 2 aliphatic rings. The smallest absolute Gasteiger partial charge is 0.225 e. The summed E-state index contributed by atoms with van der Waals surface area (Å²) in [5.41, 5.74) is 7.93. The van der Waals surface area contributed by atoms with E-state index in [1.165, 1.54) is 17.3 Å². The summed E-state index contributed by atoms with van der Waals surface area (Å²) in [7, 11) is 0. The van der Waals surface area contributed by atoms with Crippen LogP contribution in [0.2, 0.25) is 0 Å². The maximum Gasteiger partial charge on any atom is 0.225 e. The van der Waals surface area contributed by atoms with Crippen molar-refractivity contribution in [1.29, 1.82) is 0 Å². The molecule has 1 aliphatic carbocycles. The van der Waals surface area contributed by atoms with Crippen LogP contribution in [-0.4, -0.2) is 16.8 Å². The summed E-state index contributed by atoms with van der Waals surface area (Å²) in [6.07, 6.45) is 5.77. The first-order chi connectivity index (χ1) is 13.3. The molecule has 0 unspecified atom stereocenters. The number of carbonyl (C=O) groups is 2. The van der Waals surface area contributed by atoms with Crippen LogP contribution in [0.3, 0.4) is 0 Å². The molecule has 2 atom stereocenters. The van der Waals surface area contributed by atoms with Gasteiger partial charge in [-0.3, -0.25) is 9.59 Å². The minimum absolute atomic E-state index is 0.0253. The average Bonchev–Trinajstić information content (AvgIpc) is 3.04. The van der Waals surface area contributed by atoms with Crippen LogP contribution in [0, 0.1) is 16.7 Å². The van der Waals surface area contributed by atoms with Crippen molar-refractivity contribution < 1.29 is 14.0 Å². The first-order valence-electron chi connectivity index (χ1n) is 9.62. The lowest BCUT2D eigenvalue weighted by Gasteiger charge is -2.15. The molecule has 0 radical (unpaired) electrons. The summed E-state index contributed by atoms with van der Waals surface area (Å²) >= 11 is 1.35. The van der Waals surface area contributed by atoms with Crippen molar-refractivity contribution in [1.82, 2.24) is 0 Å².